The zero-order valence-corrected chi connectivity index (χ0v) is 13.2. The summed E-state index contributed by atoms with van der Waals surface area (Å²) >= 11 is 0. The van der Waals surface area contributed by atoms with Crippen LogP contribution in [-0.4, -0.2) is 23.7 Å². The highest BCUT2D eigenvalue weighted by Crippen LogP contribution is 2.39. The van der Waals surface area contributed by atoms with E-state index in [1.54, 1.807) is 0 Å². The van der Waals surface area contributed by atoms with Gasteiger partial charge in [-0.15, -0.1) is 0 Å². The van der Waals surface area contributed by atoms with Gasteiger partial charge in [0.25, 0.3) is 0 Å². The predicted molar refractivity (Wildman–Crippen MR) is 83.3 cm³/mol. The van der Waals surface area contributed by atoms with Crippen molar-refractivity contribution < 1.29 is 19.4 Å². The average molecular weight is 304 g/mol. The van der Waals surface area contributed by atoms with Gasteiger partial charge in [0.2, 0.25) is 0 Å². The van der Waals surface area contributed by atoms with Crippen molar-refractivity contribution in [3.05, 3.63) is 35.9 Å². The molecule has 4 unspecified atom stereocenters. The summed E-state index contributed by atoms with van der Waals surface area (Å²) in [5.74, 6) is -2.33. The number of carboxylic acid groups (broad SMARTS) is 1. The van der Waals surface area contributed by atoms with E-state index < -0.39 is 17.8 Å². The molecule has 1 aromatic rings. The molecule has 1 aromatic carbocycles. The summed E-state index contributed by atoms with van der Waals surface area (Å²) in [4.78, 5) is 23.9. The van der Waals surface area contributed by atoms with Crippen LogP contribution in [0.4, 0.5) is 0 Å². The van der Waals surface area contributed by atoms with Crippen LogP contribution in [-0.2, 0) is 20.7 Å². The molecule has 0 aromatic heterocycles. The van der Waals surface area contributed by atoms with Gasteiger partial charge in [0.15, 0.2) is 0 Å². The first-order chi connectivity index (χ1) is 10.5. The quantitative estimate of drug-likeness (QED) is 0.849. The number of ether oxygens (including phenoxy) is 1. The topological polar surface area (TPSA) is 63.6 Å². The van der Waals surface area contributed by atoms with Gasteiger partial charge < -0.3 is 9.84 Å². The molecule has 0 spiro atoms. The minimum absolute atomic E-state index is 0.0142. The van der Waals surface area contributed by atoms with Crippen LogP contribution in [0.3, 0.4) is 0 Å². The first-order valence-corrected chi connectivity index (χ1v) is 7.94. The van der Waals surface area contributed by atoms with Crippen molar-refractivity contribution in [1.82, 2.24) is 0 Å². The highest BCUT2D eigenvalue weighted by atomic mass is 16.5. The van der Waals surface area contributed by atoms with E-state index >= 15 is 0 Å². The van der Waals surface area contributed by atoms with Crippen LogP contribution in [0, 0.1) is 23.7 Å². The Bertz CT molecular complexity index is 511. The molecular weight excluding hydrogens is 280 g/mol. The van der Waals surface area contributed by atoms with E-state index in [0.29, 0.717) is 13.0 Å². The van der Waals surface area contributed by atoms with Crippen LogP contribution >= 0.6 is 0 Å². The van der Waals surface area contributed by atoms with Crippen LogP contribution < -0.4 is 0 Å². The van der Waals surface area contributed by atoms with Gasteiger partial charge in [-0.05, 0) is 30.2 Å². The maximum atomic E-state index is 12.4. The van der Waals surface area contributed by atoms with Gasteiger partial charge in [0, 0.05) is 6.42 Å². The minimum atomic E-state index is -0.885. The maximum Gasteiger partial charge on any atom is 0.310 e. The van der Waals surface area contributed by atoms with Gasteiger partial charge in [-0.3, -0.25) is 9.59 Å². The summed E-state index contributed by atoms with van der Waals surface area (Å²) in [6.45, 7) is 4.16. The summed E-state index contributed by atoms with van der Waals surface area (Å²) in [5.41, 5.74) is 1.11. The molecule has 0 aliphatic heterocycles. The fraction of sp³-hybridized carbons (Fsp3) is 0.556. The number of esters is 1. The Hall–Kier alpha value is -1.84. The Labute approximate surface area is 131 Å². The lowest BCUT2D eigenvalue weighted by Gasteiger charge is -2.36. The number of rotatable bonds is 5. The molecule has 1 saturated carbocycles. The monoisotopic (exact) mass is 304 g/mol. The van der Waals surface area contributed by atoms with Crippen LogP contribution in [0.25, 0.3) is 0 Å². The summed E-state index contributed by atoms with van der Waals surface area (Å²) in [6.07, 6.45) is 2.39. The second kappa shape index (κ2) is 7.43. The molecule has 0 heterocycles. The van der Waals surface area contributed by atoms with Crippen molar-refractivity contribution in [1.29, 1.82) is 0 Å². The molecule has 22 heavy (non-hydrogen) atoms. The first-order valence-electron chi connectivity index (χ1n) is 7.94. The number of hydrogen-bond donors (Lipinski definition) is 1. The Morgan fingerprint density at radius 2 is 1.68 bits per heavy atom. The molecule has 1 aliphatic rings. The predicted octanol–water partition coefficient (Wildman–Crippen LogP) is 3.16. The zero-order valence-electron chi connectivity index (χ0n) is 13.2. The van der Waals surface area contributed by atoms with Gasteiger partial charge in [-0.25, -0.2) is 0 Å². The third-order valence-electron chi connectivity index (χ3n) is 4.73. The molecular formula is C18H24O4. The third-order valence-corrected chi connectivity index (χ3v) is 4.73. The Morgan fingerprint density at radius 1 is 1.09 bits per heavy atom. The molecule has 2 rings (SSSR count). The number of benzene rings is 1. The fourth-order valence-corrected chi connectivity index (χ4v) is 3.38. The van der Waals surface area contributed by atoms with Gasteiger partial charge in [0.1, 0.15) is 0 Å². The molecule has 1 aliphatic carbocycles. The van der Waals surface area contributed by atoms with E-state index in [0.717, 1.165) is 18.4 Å². The van der Waals surface area contributed by atoms with Crippen molar-refractivity contribution in [2.75, 3.05) is 6.61 Å². The molecule has 0 radical (unpaired) electrons. The van der Waals surface area contributed by atoms with Crippen molar-refractivity contribution in [2.45, 2.75) is 33.1 Å². The number of carbonyl (C=O) groups is 2. The highest BCUT2D eigenvalue weighted by molar-refractivity contribution is 5.81. The molecule has 0 saturated heterocycles. The number of aliphatic carboxylic acids is 1. The van der Waals surface area contributed by atoms with E-state index in [-0.39, 0.29) is 17.8 Å². The summed E-state index contributed by atoms with van der Waals surface area (Å²) in [5, 5.41) is 9.44. The summed E-state index contributed by atoms with van der Waals surface area (Å²) in [6, 6.07) is 9.81. The molecule has 1 fully saturated rings. The van der Waals surface area contributed by atoms with Crippen LogP contribution in [0.1, 0.15) is 32.3 Å². The van der Waals surface area contributed by atoms with E-state index in [1.807, 2.05) is 44.2 Å². The molecule has 4 atom stereocenters. The van der Waals surface area contributed by atoms with E-state index in [1.165, 1.54) is 0 Å². The Balaban J connectivity index is 1.95. The maximum absolute atomic E-state index is 12.4. The lowest BCUT2D eigenvalue weighted by Crippen LogP contribution is -2.42. The van der Waals surface area contributed by atoms with Crippen molar-refractivity contribution in [2.24, 2.45) is 23.7 Å². The molecule has 0 amide bonds. The smallest absolute Gasteiger partial charge is 0.310 e. The number of hydrogen-bond acceptors (Lipinski definition) is 3. The molecule has 4 nitrogen and oxygen atoms in total. The van der Waals surface area contributed by atoms with Crippen LogP contribution in [0.15, 0.2) is 30.3 Å². The summed E-state index contributed by atoms with van der Waals surface area (Å²) in [7, 11) is 0. The van der Waals surface area contributed by atoms with Crippen molar-refractivity contribution >= 4 is 11.9 Å². The summed E-state index contributed by atoms with van der Waals surface area (Å²) < 4.78 is 5.38. The van der Waals surface area contributed by atoms with Crippen molar-refractivity contribution in [3.8, 4) is 0 Å². The normalized spacial score (nSPS) is 28.1. The second-order valence-electron chi connectivity index (χ2n) is 6.32. The SMILES string of the molecule is CC1CCC(C)C(C(=O)OCCc2ccccc2)C1C(=O)O. The lowest BCUT2D eigenvalue weighted by molar-refractivity contribution is -0.164. The standard InChI is InChI=1S/C18H24O4/c1-12-8-9-13(2)16(15(12)17(19)20)18(21)22-11-10-14-6-4-3-5-7-14/h3-7,12-13,15-16H,8-11H2,1-2H3,(H,19,20). The number of carbonyl (C=O) groups excluding carboxylic acids is 1. The Kier molecular flexibility index (Phi) is 5.58. The molecule has 120 valence electrons. The van der Waals surface area contributed by atoms with Gasteiger partial charge in [-0.1, -0.05) is 44.2 Å². The minimum Gasteiger partial charge on any atom is -0.481 e. The molecule has 4 heteroatoms. The second-order valence-corrected chi connectivity index (χ2v) is 6.32. The van der Waals surface area contributed by atoms with Crippen molar-refractivity contribution in [3.63, 3.8) is 0 Å². The van der Waals surface area contributed by atoms with E-state index in [2.05, 4.69) is 0 Å². The molecule has 1 N–H and O–H groups in total. The Morgan fingerprint density at radius 3 is 2.27 bits per heavy atom. The first kappa shape index (κ1) is 16.5. The third kappa shape index (κ3) is 3.87. The largest absolute Gasteiger partial charge is 0.481 e. The fourth-order valence-electron chi connectivity index (χ4n) is 3.38. The van der Waals surface area contributed by atoms with Gasteiger partial charge in [-0.2, -0.15) is 0 Å². The number of carboxylic acids is 1. The average Bonchev–Trinajstić information content (AvgIpc) is 2.49. The van der Waals surface area contributed by atoms with E-state index in [4.69, 9.17) is 4.74 Å². The lowest BCUT2D eigenvalue weighted by atomic mass is 9.67. The molecule has 0 bridgehead atoms. The van der Waals surface area contributed by atoms with Gasteiger partial charge >= 0.3 is 11.9 Å². The van der Waals surface area contributed by atoms with Gasteiger partial charge in [0.05, 0.1) is 18.4 Å². The van der Waals surface area contributed by atoms with E-state index in [9.17, 15) is 14.7 Å². The van der Waals surface area contributed by atoms with Crippen LogP contribution in [0.5, 0.6) is 0 Å². The highest BCUT2D eigenvalue weighted by Gasteiger charge is 2.44. The van der Waals surface area contributed by atoms with Crippen LogP contribution in [0.2, 0.25) is 0 Å². The zero-order chi connectivity index (χ0) is 16.1.